The van der Waals surface area contributed by atoms with Crippen LogP contribution in [0.3, 0.4) is 0 Å². The molecule has 0 aliphatic heterocycles. The molecule has 2 amide bonds. The number of benzene rings is 3. The molecule has 3 aromatic carbocycles. The summed E-state index contributed by atoms with van der Waals surface area (Å²) in [6, 6.07) is 13.0. The van der Waals surface area contributed by atoms with E-state index in [9.17, 15) is 22.8 Å². The maximum Gasteiger partial charge on any atom is 0.416 e. The van der Waals surface area contributed by atoms with Gasteiger partial charge >= 0.3 is 6.18 Å². The molecule has 0 aromatic heterocycles. The number of carbonyl (C=O) groups excluding carboxylic acids is 2. The van der Waals surface area contributed by atoms with Gasteiger partial charge in [-0.05, 0) is 67.1 Å². The summed E-state index contributed by atoms with van der Waals surface area (Å²) in [5.41, 5.74) is 4.83. The van der Waals surface area contributed by atoms with E-state index in [2.05, 4.69) is 5.32 Å². The summed E-state index contributed by atoms with van der Waals surface area (Å²) in [6.45, 7) is 1.71. The number of alkyl halides is 3. The second-order valence-electron chi connectivity index (χ2n) is 6.62. The van der Waals surface area contributed by atoms with Crippen molar-refractivity contribution in [2.45, 2.75) is 13.1 Å². The van der Waals surface area contributed by atoms with E-state index >= 15 is 0 Å². The quantitative estimate of drug-likeness (QED) is 0.516. The number of amides is 2. The highest BCUT2D eigenvalue weighted by molar-refractivity contribution is 6.30. The highest BCUT2D eigenvalue weighted by Gasteiger charge is 2.32. The molecule has 3 N–H and O–H groups in total. The molecule has 0 saturated heterocycles. The molecule has 0 fully saturated rings. The summed E-state index contributed by atoms with van der Waals surface area (Å²) in [5, 5.41) is 2.93. The van der Waals surface area contributed by atoms with Crippen LogP contribution < -0.4 is 15.8 Å². The van der Waals surface area contributed by atoms with E-state index < -0.39 is 23.6 Å². The number of hydrogen-bond donors (Lipinski definition) is 2. The second kappa shape index (κ2) is 8.69. The van der Waals surface area contributed by atoms with Crippen molar-refractivity contribution in [2.75, 3.05) is 5.32 Å². The number of halogens is 4. The number of hydrogen-bond acceptors (Lipinski definition) is 3. The average molecular weight is 449 g/mol. The molecular formula is C22H16ClF3N2O3. The molecule has 0 spiro atoms. The van der Waals surface area contributed by atoms with Gasteiger partial charge in [0.05, 0.1) is 11.1 Å². The van der Waals surface area contributed by atoms with Gasteiger partial charge in [-0.2, -0.15) is 13.2 Å². The molecule has 3 aromatic rings. The predicted octanol–water partition coefficient (Wildman–Crippen LogP) is 5.81. The average Bonchev–Trinajstić information content (AvgIpc) is 2.69. The predicted molar refractivity (Wildman–Crippen MR) is 111 cm³/mol. The first-order valence-corrected chi connectivity index (χ1v) is 9.29. The fraction of sp³-hybridized carbons (Fsp3) is 0.0909. The van der Waals surface area contributed by atoms with Crippen molar-refractivity contribution < 1.29 is 27.5 Å². The summed E-state index contributed by atoms with van der Waals surface area (Å²) in [6.07, 6.45) is -4.66. The number of carbonyl (C=O) groups is 2. The Morgan fingerprint density at radius 1 is 1.00 bits per heavy atom. The Morgan fingerprint density at radius 2 is 1.71 bits per heavy atom. The molecule has 5 nitrogen and oxygen atoms in total. The van der Waals surface area contributed by atoms with Gasteiger partial charge < -0.3 is 15.8 Å². The number of anilines is 1. The molecule has 3 rings (SSSR count). The van der Waals surface area contributed by atoms with Crippen molar-refractivity contribution in [1.29, 1.82) is 0 Å². The van der Waals surface area contributed by atoms with E-state index in [1.54, 1.807) is 25.1 Å². The summed E-state index contributed by atoms with van der Waals surface area (Å²) >= 11 is 5.92. The Bertz CT molecular complexity index is 1160. The molecule has 0 atom stereocenters. The number of aryl methyl sites for hydroxylation is 1. The van der Waals surface area contributed by atoms with Crippen LogP contribution in [0.1, 0.15) is 31.8 Å². The van der Waals surface area contributed by atoms with E-state index in [0.717, 1.165) is 12.1 Å². The normalized spacial score (nSPS) is 11.1. The molecule has 9 heteroatoms. The third-order valence-corrected chi connectivity index (χ3v) is 4.55. The lowest BCUT2D eigenvalue weighted by atomic mass is 10.1. The van der Waals surface area contributed by atoms with Crippen molar-refractivity contribution in [2.24, 2.45) is 5.73 Å². The van der Waals surface area contributed by atoms with Crippen molar-refractivity contribution in [3.05, 3.63) is 87.9 Å². The van der Waals surface area contributed by atoms with Gasteiger partial charge in [-0.15, -0.1) is 0 Å². The van der Waals surface area contributed by atoms with Crippen LogP contribution >= 0.6 is 11.6 Å². The van der Waals surface area contributed by atoms with E-state index in [-0.39, 0.29) is 22.6 Å². The van der Waals surface area contributed by atoms with Crippen LogP contribution in [0.15, 0.2) is 60.7 Å². The second-order valence-corrected chi connectivity index (χ2v) is 7.06. The number of nitrogens with one attached hydrogen (secondary N) is 1. The van der Waals surface area contributed by atoms with Crippen LogP contribution in [0.25, 0.3) is 0 Å². The van der Waals surface area contributed by atoms with Crippen LogP contribution in [0.2, 0.25) is 5.02 Å². The van der Waals surface area contributed by atoms with Crippen molar-refractivity contribution in [1.82, 2.24) is 0 Å². The summed E-state index contributed by atoms with van der Waals surface area (Å²) in [5.74, 6) is -1.32. The Morgan fingerprint density at radius 3 is 2.35 bits per heavy atom. The van der Waals surface area contributed by atoms with Crippen molar-refractivity contribution >= 4 is 29.1 Å². The van der Waals surface area contributed by atoms with E-state index in [4.69, 9.17) is 22.1 Å². The van der Waals surface area contributed by atoms with Gasteiger partial charge in [0.25, 0.3) is 5.91 Å². The number of rotatable bonds is 5. The summed E-state index contributed by atoms with van der Waals surface area (Å²) in [7, 11) is 0. The molecule has 160 valence electrons. The third-order valence-electron chi connectivity index (χ3n) is 4.31. The SMILES string of the molecule is Cc1cc(Cl)ccc1Oc1ccc(C(F)(F)F)cc1C(=O)Nc1cccc(C(N)=O)c1. The molecule has 31 heavy (non-hydrogen) atoms. The first kappa shape index (κ1) is 22.2. The molecular weight excluding hydrogens is 433 g/mol. The topological polar surface area (TPSA) is 81.4 Å². The maximum atomic E-state index is 13.2. The molecule has 0 heterocycles. The van der Waals surface area contributed by atoms with Gasteiger partial charge in [0, 0.05) is 16.3 Å². The van der Waals surface area contributed by atoms with Gasteiger partial charge in [-0.25, -0.2) is 0 Å². The van der Waals surface area contributed by atoms with Crippen LogP contribution in [-0.4, -0.2) is 11.8 Å². The van der Waals surface area contributed by atoms with Crippen LogP contribution in [0, 0.1) is 6.92 Å². The Balaban J connectivity index is 2.00. The fourth-order valence-corrected chi connectivity index (χ4v) is 2.99. The summed E-state index contributed by atoms with van der Waals surface area (Å²) in [4.78, 5) is 24.2. The zero-order valence-corrected chi connectivity index (χ0v) is 16.8. The molecule has 0 aliphatic carbocycles. The lowest BCUT2D eigenvalue weighted by Gasteiger charge is -2.16. The number of ether oxygens (including phenoxy) is 1. The van der Waals surface area contributed by atoms with Crippen molar-refractivity contribution in [3.8, 4) is 11.5 Å². The standard InChI is InChI=1S/C22H16ClF3N2O3/c1-12-9-15(23)6-8-18(12)31-19-7-5-14(22(24,25)26)11-17(19)21(30)28-16-4-2-3-13(10-16)20(27)29/h2-11H,1H3,(H2,27,29)(H,28,30). The Kier molecular flexibility index (Phi) is 6.21. The van der Waals surface area contributed by atoms with Crippen LogP contribution in [0.4, 0.5) is 18.9 Å². The zero-order valence-electron chi connectivity index (χ0n) is 16.1. The first-order chi connectivity index (χ1) is 14.5. The smallest absolute Gasteiger partial charge is 0.416 e. The molecule has 0 bridgehead atoms. The maximum absolute atomic E-state index is 13.2. The molecule has 0 radical (unpaired) electrons. The molecule has 0 unspecified atom stereocenters. The fourth-order valence-electron chi connectivity index (χ4n) is 2.77. The summed E-state index contributed by atoms with van der Waals surface area (Å²) < 4.78 is 45.4. The van der Waals surface area contributed by atoms with Crippen molar-refractivity contribution in [3.63, 3.8) is 0 Å². The van der Waals surface area contributed by atoms with E-state index in [1.165, 1.54) is 24.3 Å². The Hall–Kier alpha value is -3.52. The lowest BCUT2D eigenvalue weighted by molar-refractivity contribution is -0.137. The minimum absolute atomic E-state index is 0.0815. The molecule has 0 aliphatic rings. The highest BCUT2D eigenvalue weighted by atomic mass is 35.5. The minimum atomic E-state index is -4.66. The minimum Gasteiger partial charge on any atom is -0.456 e. The van der Waals surface area contributed by atoms with Gasteiger partial charge in [0.2, 0.25) is 5.91 Å². The monoisotopic (exact) mass is 448 g/mol. The van der Waals surface area contributed by atoms with Gasteiger partial charge in [0.1, 0.15) is 11.5 Å². The lowest BCUT2D eigenvalue weighted by Crippen LogP contribution is -2.16. The Labute approximate surface area is 180 Å². The highest BCUT2D eigenvalue weighted by Crippen LogP contribution is 2.35. The first-order valence-electron chi connectivity index (χ1n) is 8.91. The van der Waals surface area contributed by atoms with Gasteiger partial charge in [0.15, 0.2) is 0 Å². The third kappa shape index (κ3) is 5.35. The van der Waals surface area contributed by atoms with E-state index in [0.29, 0.717) is 22.4 Å². The van der Waals surface area contributed by atoms with Crippen LogP contribution in [-0.2, 0) is 6.18 Å². The molecule has 0 saturated carbocycles. The largest absolute Gasteiger partial charge is 0.456 e. The van der Waals surface area contributed by atoms with Gasteiger partial charge in [-0.1, -0.05) is 17.7 Å². The number of nitrogens with two attached hydrogens (primary N) is 1. The van der Waals surface area contributed by atoms with E-state index in [1.807, 2.05) is 0 Å². The van der Waals surface area contributed by atoms with Crippen LogP contribution in [0.5, 0.6) is 11.5 Å². The zero-order chi connectivity index (χ0) is 22.8. The van der Waals surface area contributed by atoms with Gasteiger partial charge in [-0.3, -0.25) is 9.59 Å². The number of primary amides is 1.